The number of hydrogen-bond acceptors (Lipinski definition) is 9. The minimum Gasteiger partial charge on any atom is -0.390 e. The van der Waals surface area contributed by atoms with E-state index in [1.54, 1.807) is 16.4 Å². The highest BCUT2D eigenvalue weighted by Crippen LogP contribution is 2.43. The van der Waals surface area contributed by atoms with Gasteiger partial charge in [-0.15, -0.1) is 5.10 Å². The maximum absolute atomic E-state index is 12.3. The third-order valence-corrected chi connectivity index (χ3v) is 7.11. The first-order chi connectivity index (χ1) is 16.6. The van der Waals surface area contributed by atoms with E-state index in [0.717, 1.165) is 18.6 Å². The van der Waals surface area contributed by atoms with Crippen molar-refractivity contribution in [1.82, 2.24) is 30.3 Å². The van der Waals surface area contributed by atoms with Crippen molar-refractivity contribution >= 4 is 34.7 Å². The van der Waals surface area contributed by atoms with Crippen molar-refractivity contribution in [2.75, 3.05) is 17.6 Å². The molecule has 5 atom stereocenters. The molecular weight excluding hydrogens is 454 g/mol. The molecule has 1 saturated heterocycles. The second-order valence-corrected chi connectivity index (χ2v) is 9.68. The molecule has 180 valence electrons. The average molecular weight is 484 g/mol. The van der Waals surface area contributed by atoms with E-state index < -0.39 is 18.4 Å². The lowest BCUT2D eigenvalue weighted by atomic mass is 10.1. The Balaban J connectivity index is 1.42. The summed E-state index contributed by atoms with van der Waals surface area (Å²) in [7, 11) is 0. The van der Waals surface area contributed by atoms with Gasteiger partial charge in [-0.2, -0.15) is 4.68 Å². The van der Waals surface area contributed by atoms with E-state index in [1.807, 2.05) is 13.0 Å². The van der Waals surface area contributed by atoms with E-state index in [9.17, 15) is 9.90 Å². The van der Waals surface area contributed by atoms with Gasteiger partial charge in [0.15, 0.2) is 34.5 Å². The summed E-state index contributed by atoms with van der Waals surface area (Å²) in [4.78, 5) is 21.7. The highest BCUT2D eigenvalue weighted by Gasteiger charge is 2.42. The standard InChI is InChI=1S/C23H29N7O3S/c1-3-10-34-23-26-20(25-15-11-14(15)13-8-6-5-7-9-13)18-21(27-23)30(29-28-18)17-12-16(31)19(33-17)22(32)24-4-2/h5-9,14-17,19,31H,3-4,10-12H2,1-2H3,(H,24,32)(H,25,26,27)/t14?,15?,16-,17+,19-/m0/s1. The summed E-state index contributed by atoms with van der Waals surface area (Å²) in [6.45, 7) is 4.40. The summed E-state index contributed by atoms with van der Waals surface area (Å²) >= 11 is 1.58. The molecule has 1 aliphatic heterocycles. The largest absolute Gasteiger partial charge is 0.390 e. The van der Waals surface area contributed by atoms with Crippen molar-refractivity contribution < 1.29 is 14.6 Å². The lowest BCUT2D eigenvalue weighted by Crippen LogP contribution is -2.40. The van der Waals surface area contributed by atoms with Crippen LogP contribution in [0.5, 0.6) is 0 Å². The number of ether oxygens (including phenoxy) is 1. The molecule has 10 nitrogen and oxygen atoms in total. The van der Waals surface area contributed by atoms with Crippen molar-refractivity contribution in [3.8, 4) is 0 Å². The topological polar surface area (TPSA) is 127 Å². The van der Waals surface area contributed by atoms with Gasteiger partial charge in [0.05, 0.1) is 6.10 Å². The van der Waals surface area contributed by atoms with Crippen LogP contribution in [0.4, 0.5) is 5.82 Å². The number of rotatable bonds is 9. The number of likely N-dealkylation sites (N-methyl/N-ethyl adjacent to an activating group) is 1. The van der Waals surface area contributed by atoms with Crippen LogP contribution >= 0.6 is 11.8 Å². The lowest BCUT2D eigenvalue weighted by Gasteiger charge is -2.14. The number of aliphatic hydroxyl groups is 1. The number of hydrogen-bond donors (Lipinski definition) is 3. The van der Waals surface area contributed by atoms with Crippen LogP contribution in [0, 0.1) is 0 Å². The Kier molecular flexibility index (Phi) is 6.66. The Morgan fingerprint density at radius 2 is 2.06 bits per heavy atom. The van der Waals surface area contributed by atoms with Crippen LogP contribution in [0.2, 0.25) is 0 Å². The Bertz CT molecular complexity index is 1160. The molecule has 2 fully saturated rings. The van der Waals surface area contributed by atoms with E-state index >= 15 is 0 Å². The van der Waals surface area contributed by atoms with Crippen LogP contribution in [0.1, 0.15) is 50.8 Å². The zero-order valence-electron chi connectivity index (χ0n) is 19.2. The number of fused-ring (bicyclic) bond motifs is 1. The van der Waals surface area contributed by atoms with Gasteiger partial charge in [-0.05, 0) is 25.3 Å². The Hall–Kier alpha value is -2.76. The van der Waals surface area contributed by atoms with Crippen LogP contribution in [-0.2, 0) is 9.53 Å². The van der Waals surface area contributed by atoms with E-state index in [4.69, 9.17) is 14.7 Å². The number of amides is 1. The molecular formula is C23H29N7O3S. The molecule has 3 N–H and O–H groups in total. The number of anilines is 1. The monoisotopic (exact) mass is 483 g/mol. The predicted octanol–water partition coefficient (Wildman–Crippen LogP) is 2.48. The Labute approximate surface area is 201 Å². The van der Waals surface area contributed by atoms with Gasteiger partial charge < -0.3 is 20.5 Å². The molecule has 1 saturated carbocycles. The van der Waals surface area contributed by atoms with Gasteiger partial charge in [-0.1, -0.05) is 54.2 Å². The van der Waals surface area contributed by atoms with Gasteiger partial charge in [0.25, 0.3) is 5.91 Å². The van der Waals surface area contributed by atoms with Crippen molar-refractivity contribution in [2.24, 2.45) is 0 Å². The zero-order valence-corrected chi connectivity index (χ0v) is 20.0. The van der Waals surface area contributed by atoms with Crippen LogP contribution < -0.4 is 10.6 Å². The fraction of sp³-hybridized carbons (Fsp3) is 0.522. The van der Waals surface area contributed by atoms with Gasteiger partial charge in [-0.3, -0.25) is 4.79 Å². The van der Waals surface area contributed by atoms with E-state index in [2.05, 4.69) is 52.1 Å². The summed E-state index contributed by atoms with van der Waals surface area (Å²) in [5.41, 5.74) is 2.39. The van der Waals surface area contributed by atoms with E-state index in [1.165, 1.54) is 5.56 Å². The van der Waals surface area contributed by atoms with Crippen molar-refractivity contribution in [2.45, 2.75) is 68.7 Å². The molecule has 3 heterocycles. The van der Waals surface area contributed by atoms with E-state index in [-0.39, 0.29) is 18.4 Å². The SMILES string of the molecule is CCCSc1nc(NC2CC2c2ccccc2)c2nnn([C@H]3C[C@H](O)[C@@H](C(=O)NCC)O3)c2n1. The number of benzene rings is 1. The number of carbonyl (C=O) groups excluding carboxylic acids is 1. The van der Waals surface area contributed by atoms with Crippen molar-refractivity contribution in [3.05, 3.63) is 35.9 Å². The molecule has 5 rings (SSSR count). The highest BCUT2D eigenvalue weighted by atomic mass is 32.2. The number of aliphatic hydroxyl groups excluding tert-OH is 1. The number of aromatic nitrogens is 5. The zero-order chi connectivity index (χ0) is 23.7. The molecule has 1 aromatic carbocycles. The molecule has 2 unspecified atom stereocenters. The highest BCUT2D eigenvalue weighted by molar-refractivity contribution is 7.99. The fourth-order valence-electron chi connectivity index (χ4n) is 4.28. The minimum atomic E-state index is -0.948. The molecule has 2 aromatic heterocycles. The Morgan fingerprint density at radius 3 is 2.82 bits per heavy atom. The minimum absolute atomic E-state index is 0.225. The Morgan fingerprint density at radius 1 is 1.24 bits per heavy atom. The van der Waals surface area contributed by atoms with Gasteiger partial charge in [0, 0.05) is 30.7 Å². The van der Waals surface area contributed by atoms with Crippen LogP contribution in [0.3, 0.4) is 0 Å². The van der Waals surface area contributed by atoms with Crippen LogP contribution in [0.25, 0.3) is 11.2 Å². The van der Waals surface area contributed by atoms with Crippen molar-refractivity contribution in [1.29, 1.82) is 0 Å². The van der Waals surface area contributed by atoms with Crippen LogP contribution in [0.15, 0.2) is 35.5 Å². The smallest absolute Gasteiger partial charge is 0.251 e. The summed E-state index contributed by atoms with van der Waals surface area (Å²) in [5, 5.41) is 25.9. The first kappa shape index (κ1) is 23.0. The quantitative estimate of drug-likeness (QED) is 0.311. The average Bonchev–Trinajstić information content (AvgIpc) is 3.29. The van der Waals surface area contributed by atoms with E-state index in [0.29, 0.717) is 34.6 Å². The predicted molar refractivity (Wildman–Crippen MR) is 129 cm³/mol. The maximum atomic E-state index is 12.3. The first-order valence-corrected chi connectivity index (χ1v) is 12.8. The number of nitrogens with zero attached hydrogens (tertiary/aromatic N) is 5. The number of carbonyl (C=O) groups is 1. The number of nitrogens with one attached hydrogen (secondary N) is 2. The molecule has 0 radical (unpaired) electrons. The molecule has 34 heavy (non-hydrogen) atoms. The number of thioether (sulfide) groups is 1. The third kappa shape index (κ3) is 4.59. The van der Waals surface area contributed by atoms with Gasteiger partial charge >= 0.3 is 0 Å². The summed E-state index contributed by atoms with van der Waals surface area (Å²) in [6.07, 6.45) is -0.275. The van der Waals surface area contributed by atoms with Crippen LogP contribution in [-0.4, -0.2) is 66.5 Å². The second kappa shape index (κ2) is 9.85. The summed E-state index contributed by atoms with van der Waals surface area (Å²) < 4.78 is 7.44. The molecule has 2 aliphatic rings. The fourth-order valence-corrected chi connectivity index (χ4v) is 4.97. The molecule has 11 heteroatoms. The third-order valence-electron chi connectivity index (χ3n) is 6.06. The summed E-state index contributed by atoms with van der Waals surface area (Å²) in [6, 6.07) is 10.7. The molecule has 1 amide bonds. The van der Waals surface area contributed by atoms with Crippen molar-refractivity contribution in [3.63, 3.8) is 0 Å². The molecule has 1 aliphatic carbocycles. The molecule has 0 bridgehead atoms. The maximum Gasteiger partial charge on any atom is 0.251 e. The first-order valence-electron chi connectivity index (χ1n) is 11.8. The molecule has 3 aromatic rings. The van der Waals surface area contributed by atoms with Gasteiger partial charge in [-0.25, -0.2) is 9.97 Å². The summed E-state index contributed by atoms with van der Waals surface area (Å²) in [5.74, 6) is 1.63. The van der Waals surface area contributed by atoms with Gasteiger partial charge in [0.1, 0.15) is 0 Å². The second-order valence-electron chi connectivity index (χ2n) is 8.62. The van der Waals surface area contributed by atoms with Gasteiger partial charge in [0.2, 0.25) is 0 Å². The normalized spacial score (nSPS) is 26.0. The lowest BCUT2D eigenvalue weighted by molar-refractivity contribution is -0.137. The molecule has 0 spiro atoms.